The SMILES string of the molecule is CNC(c1ccccc1SC)c1cc(Br)sc1Br. The lowest BCUT2D eigenvalue weighted by molar-refractivity contribution is 0.680. The van der Waals surface area contributed by atoms with Crippen LogP contribution in [0.15, 0.2) is 42.8 Å². The van der Waals surface area contributed by atoms with Crippen LogP contribution in [0.2, 0.25) is 0 Å². The van der Waals surface area contributed by atoms with Gasteiger partial charge in [0, 0.05) is 4.90 Å². The van der Waals surface area contributed by atoms with Crippen LogP contribution in [0.3, 0.4) is 0 Å². The minimum Gasteiger partial charge on any atom is -0.309 e. The second-order valence-corrected chi connectivity index (χ2v) is 8.34. The van der Waals surface area contributed by atoms with Gasteiger partial charge in [-0.15, -0.1) is 23.1 Å². The van der Waals surface area contributed by atoms with Gasteiger partial charge >= 0.3 is 0 Å². The zero-order valence-corrected chi connectivity index (χ0v) is 14.8. The Morgan fingerprint density at radius 1 is 1.22 bits per heavy atom. The Kier molecular flexibility index (Phi) is 5.33. The maximum atomic E-state index is 3.64. The molecular formula is C13H13Br2NS2. The number of hydrogen-bond donors (Lipinski definition) is 1. The Morgan fingerprint density at radius 2 is 1.94 bits per heavy atom. The van der Waals surface area contributed by atoms with Gasteiger partial charge in [0.2, 0.25) is 0 Å². The molecule has 0 aliphatic carbocycles. The lowest BCUT2D eigenvalue weighted by Crippen LogP contribution is -2.18. The zero-order valence-electron chi connectivity index (χ0n) is 10.0. The number of benzene rings is 1. The lowest BCUT2D eigenvalue weighted by Gasteiger charge is -2.19. The fourth-order valence-electron chi connectivity index (χ4n) is 1.93. The summed E-state index contributed by atoms with van der Waals surface area (Å²) in [5.74, 6) is 0. The van der Waals surface area contributed by atoms with E-state index in [2.05, 4.69) is 73.8 Å². The smallest absolute Gasteiger partial charge is 0.0761 e. The van der Waals surface area contributed by atoms with Crippen molar-refractivity contribution in [2.24, 2.45) is 0 Å². The summed E-state index contributed by atoms with van der Waals surface area (Å²) in [4.78, 5) is 1.31. The van der Waals surface area contributed by atoms with E-state index in [-0.39, 0.29) is 6.04 Å². The van der Waals surface area contributed by atoms with Crippen molar-refractivity contribution < 1.29 is 0 Å². The highest BCUT2D eigenvalue weighted by molar-refractivity contribution is 9.12. The molecule has 1 atom stereocenters. The molecule has 0 bridgehead atoms. The van der Waals surface area contributed by atoms with E-state index in [1.54, 1.807) is 23.1 Å². The molecule has 1 unspecified atom stereocenters. The van der Waals surface area contributed by atoms with Crippen molar-refractivity contribution in [1.82, 2.24) is 5.32 Å². The summed E-state index contributed by atoms with van der Waals surface area (Å²) in [6.45, 7) is 0. The minimum absolute atomic E-state index is 0.213. The molecule has 1 aromatic heterocycles. The van der Waals surface area contributed by atoms with Crippen LogP contribution >= 0.6 is 55.0 Å². The first-order valence-electron chi connectivity index (χ1n) is 5.42. The van der Waals surface area contributed by atoms with E-state index in [9.17, 15) is 0 Å². The molecule has 2 aromatic rings. The van der Waals surface area contributed by atoms with Crippen LogP contribution in [0.4, 0.5) is 0 Å². The van der Waals surface area contributed by atoms with Crippen LogP contribution in [-0.4, -0.2) is 13.3 Å². The summed E-state index contributed by atoms with van der Waals surface area (Å²) in [5.41, 5.74) is 2.59. The molecule has 2 rings (SSSR count). The molecule has 0 saturated heterocycles. The summed E-state index contributed by atoms with van der Waals surface area (Å²) in [7, 11) is 2.00. The Morgan fingerprint density at radius 3 is 2.50 bits per heavy atom. The van der Waals surface area contributed by atoms with Gasteiger partial charge in [-0.1, -0.05) is 18.2 Å². The van der Waals surface area contributed by atoms with Gasteiger partial charge in [-0.3, -0.25) is 0 Å². The Hall–Kier alpha value is 0.190. The maximum Gasteiger partial charge on any atom is 0.0761 e. The van der Waals surface area contributed by atoms with Gasteiger partial charge in [0.1, 0.15) is 0 Å². The molecule has 18 heavy (non-hydrogen) atoms. The van der Waals surface area contributed by atoms with Crippen LogP contribution in [-0.2, 0) is 0 Å². The second-order valence-electron chi connectivity index (χ2n) is 3.74. The van der Waals surface area contributed by atoms with Gasteiger partial charge < -0.3 is 5.32 Å². The summed E-state index contributed by atoms with van der Waals surface area (Å²) < 4.78 is 2.32. The molecule has 5 heteroatoms. The zero-order chi connectivity index (χ0) is 13.1. The number of hydrogen-bond acceptors (Lipinski definition) is 3. The summed E-state index contributed by atoms with van der Waals surface area (Å²) in [6, 6.07) is 10.9. The fraction of sp³-hybridized carbons (Fsp3) is 0.231. The van der Waals surface area contributed by atoms with Crippen molar-refractivity contribution in [3.8, 4) is 0 Å². The van der Waals surface area contributed by atoms with Gasteiger partial charge in [-0.05, 0) is 68.4 Å². The van der Waals surface area contributed by atoms with E-state index >= 15 is 0 Å². The number of rotatable bonds is 4. The van der Waals surface area contributed by atoms with Crippen molar-refractivity contribution in [2.45, 2.75) is 10.9 Å². The average Bonchev–Trinajstić information content (AvgIpc) is 2.70. The third-order valence-corrected chi connectivity index (χ3v) is 5.93. The second kappa shape index (κ2) is 6.57. The van der Waals surface area contributed by atoms with Crippen LogP contribution in [0.25, 0.3) is 0 Å². The first kappa shape index (κ1) is 14.6. The number of halogens is 2. The van der Waals surface area contributed by atoms with Gasteiger partial charge in [0.25, 0.3) is 0 Å². The number of thioether (sulfide) groups is 1. The van der Waals surface area contributed by atoms with Crippen LogP contribution in [0, 0.1) is 0 Å². The molecular weight excluding hydrogens is 394 g/mol. The summed E-state index contributed by atoms with van der Waals surface area (Å²) in [5, 5.41) is 3.41. The molecule has 0 fully saturated rings. The third-order valence-electron chi connectivity index (χ3n) is 2.73. The first-order valence-corrected chi connectivity index (χ1v) is 9.05. The third kappa shape index (κ3) is 3.02. The van der Waals surface area contributed by atoms with E-state index in [0.29, 0.717) is 0 Å². The minimum atomic E-state index is 0.213. The molecule has 96 valence electrons. The van der Waals surface area contributed by atoms with E-state index in [1.165, 1.54) is 19.8 Å². The number of nitrogens with one attached hydrogen (secondary N) is 1. The Balaban J connectivity index is 2.48. The van der Waals surface area contributed by atoms with Crippen molar-refractivity contribution >= 4 is 55.0 Å². The van der Waals surface area contributed by atoms with Crippen molar-refractivity contribution in [2.75, 3.05) is 13.3 Å². The molecule has 0 saturated carbocycles. The van der Waals surface area contributed by atoms with E-state index < -0.39 is 0 Å². The molecule has 0 aliphatic rings. The maximum absolute atomic E-state index is 3.64. The van der Waals surface area contributed by atoms with E-state index in [4.69, 9.17) is 0 Å². The van der Waals surface area contributed by atoms with Crippen molar-refractivity contribution in [3.63, 3.8) is 0 Å². The van der Waals surface area contributed by atoms with Gasteiger partial charge in [-0.25, -0.2) is 0 Å². The molecule has 0 amide bonds. The highest BCUT2D eigenvalue weighted by atomic mass is 79.9. The van der Waals surface area contributed by atoms with Crippen molar-refractivity contribution in [1.29, 1.82) is 0 Å². The highest BCUT2D eigenvalue weighted by Crippen LogP contribution is 2.39. The van der Waals surface area contributed by atoms with E-state index in [0.717, 1.165) is 3.79 Å². The predicted molar refractivity (Wildman–Crippen MR) is 88.8 cm³/mol. The molecule has 1 nitrogen and oxygen atoms in total. The van der Waals surface area contributed by atoms with Gasteiger partial charge in [0.15, 0.2) is 0 Å². The van der Waals surface area contributed by atoms with Crippen LogP contribution < -0.4 is 5.32 Å². The molecule has 0 radical (unpaired) electrons. The molecule has 0 spiro atoms. The summed E-state index contributed by atoms with van der Waals surface area (Å²) in [6.07, 6.45) is 2.12. The summed E-state index contributed by atoms with van der Waals surface area (Å²) >= 11 is 10.7. The lowest BCUT2D eigenvalue weighted by atomic mass is 10.0. The topological polar surface area (TPSA) is 12.0 Å². The van der Waals surface area contributed by atoms with Gasteiger partial charge in [0.05, 0.1) is 13.6 Å². The van der Waals surface area contributed by atoms with Crippen LogP contribution in [0.5, 0.6) is 0 Å². The highest BCUT2D eigenvalue weighted by Gasteiger charge is 2.19. The first-order chi connectivity index (χ1) is 8.67. The van der Waals surface area contributed by atoms with E-state index in [1.807, 2.05) is 7.05 Å². The fourth-order valence-corrected chi connectivity index (χ4v) is 5.47. The number of thiophene rings is 1. The largest absolute Gasteiger partial charge is 0.309 e. The Labute approximate surface area is 133 Å². The van der Waals surface area contributed by atoms with Crippen LogP contribution in [0.1, 0.15) is 17.2 Å². The van der Waals surface area contributed by atoms with Crippen molar-refractivity contribution in [3.05, 3.63) is 49.0 Å². The molecule has 1 heterocycles. The monoisotopic (exact) mass is 405 g/mol. The molecule has 0 aliphatic heterocycles. The van der Waals surface area contributed by atoms with Gasteiger partial charge in [-0.2, -0.15) is 0 Å². The molecule has 1 aromatic carbocycles. The normalized spacial score (nSPS) is 12.7. The molecule has 1 N–H and O–H groups in total. The average molecular weight is 407 g/mol. The Bertz CT molecular complexity index is 540. The quantitative estimate of drug-likeness (QED) is 0.691. The predicted octanol–water partition coefficient (Wildman–Crippen LogP) is 5.30. The standard InChI is InChI=1S/C13H13Br2NS2/c1-16-12(9-7-11(14)18-13(9)15)8-5-3-4-6-10(8)17-2/h3-7,12,16H,1-2H3.